The smallest absolute Gasteiger partial charge is 0.185 e. The maximum atomic E-state index is 9.45. The molecule has 1 rings (SSSR count). The molecule has 1 unspecified atom stereocenters. The number of rotatable bonds is 5. The highest BCUT2D eigenvalue weighted by atomic mass is 28.4. The van der Waals surface area contributed by atoms with Crippen molar-refractivity contribution in [2.45, 2.75) is 38.6 Å². The predicted molar refractivity (Wildman–Crippen MR) is 82.2 cm³/mol. The molecule has 0 bridgehead atoms. The number of hydrogen-bond donors (Lipinski definition) is 0. The van der Waals surface area contributed by atoms with Crippen LogP contribution in [0.25, 0.3) is 0 Å². The van der Waals surface area contributed by atoms with Crippen molar-refractivity contribution in [2.24, 2.45) is 0 Å². The summed E-state index contributed by atoms with van der Waals surface area (Å²) in [7, 11) is -1.91. The zero-order chi connectivity index (χ0) is 15.2. The maximum Gasteiger partial charge on any atom is 0.185 e. The molecule has 4 heteroatoms. The molecule has 0 saturated heterocycles. The fourth-order valence-electron chi connectivity index (χ4n) is 2.27. The van der Waals surface area contributed by atoms with Crippen LogP contribution >= 0.6 is 0 Å². The Kier molecular flexibility index (Phi) is 5.27. The molecule has 0 heterocycles. The number of nitrogens with zero attached hydrogens (tertiary/aromatic N) is 2. The molecule has 1 aromatic rings. The summed E-state index contributed by atoms with van der Waals surface area (Å²) < 4.78 is 6.36. The monoisotopic (exact) mass is 284 g/mol. The molecular weight excluding hydrogens is 264 g/mol. The number of hydrogen-bond acceptors (Lipinski definition) is 3. The van der Waals surface area contributed by atoms with Gasteiger partial charge in [0, 0.05) is 6.08 Å². The van der Waals surface area contributed by atoms with E-state index < -0.39 is 13.9 Å². The van der Waals surface area contributed by atoms with Crippen molar-refractivity contribution in [3.63, 3.8) is 0 Å². The van der Waals surface area contributed by atoms with Crippen LogP contribution in [0.4, 0.5) is 0 Å². The highest BCUT2D eigenvalue weighted by Gasteiger charge is 2.40. The minimum absolute atomic E-state index is 0.371. The minimum Gasteiger partial charge on any atom is -0.403 e. The summed E-state index contributed by atoms with van der Waals surface area (Å²) in [5.74, 6) is 0. The van der Waals surface area contributed by atoms with Crippen molar-refractivity contribution >= 4 is 8.32 Å². The fourth-order valence-corrected chi connectivity index (χ4v) is 3.69. The second kappa shape index (κ2) is 6.52. The molecule has 0 fully saturated rings. The fraction of sp³-hybridized carbons (Fsp3) is 0.375. The first kappa shape index (κ1) is 16.2. The van der Waals surface area contributed by atoms with Crippen LogP contribution < -0.4 is 0 Å². The average molecular weight is 284 g/mol. The molecule has 1 aromatic carbocycles. The Bertz CT molecular complexity index is 561. The quantitative estimate of drug-likeness (QED) is 0.603. The van der Waals surface area contributed by atoms with Gasteiger partial charge in [0.1, 0.15) is 5.60 Å². The summed E-state index contributed by atoms with van der Waals surface area (Å²) >= 11 is 0. The first-order valence-electron chi connectivity index (χ1n) is 6.65. The first-order chi connectivity index (χ1) is 9.39. The van der Waals surface area contributed by atoms with Gasteiger partial charge in [0.15, 0.2) is 8.32 Å². The van der Waals surface area contributed by atoms with E-state index in [1.165, 1.54) is 6.08 Å². The van der Waals surface area contributed by atoms with Crippen LogP contribution in [-0.2, 0) is 10.0 Å². The molecular formula is C16H20N2OSi. The van der Waals surface area contributed by atoms with Gasteiger partial charge in [-0.05, 0) is 31.6 Å². The lowest BCUT2D eigenvalue weighted by molar-refractivity contribution is 0.0977. The van der Waals surface area contributed by atoms with Crippen molar-refractivity contribution < 1.29 is 4.43 Å². The summed E-state index contributed by atoms with van der Waals surface area (Å²) in [5.41, 5.74) is 0.472. The molecule has 0 spiro atoms. The molecule has 0 aliphatic rings. The summed E-state index contributed by atoms with van der Waals surface area (Å²) in [6.45, 7) is 8.24. The van der Waals surface area contributed by atoms with Crippen LogP contribution in [0.5, 0.6) is 0 Å². The second-order valence-electron chi connectivity index (χ2n) is 5.56. The number of allylic oxidation sites excluding steroid dienone is 1. The molecule has 0 N–H and O–H groups in total. The highest BCUT2D eigenvalue weighted by Crippen LogP contribution is 2.39. The van der Waals surface area contributed by atoms with Crippen molar-refractivity contribution in [1.82, 2.24) is 0 Å². The average Bonchev–Trinajstić information content (AvgIpc) is 2.42. The molecule has 104 valence electrons. The lowest BCUT2D eigenvalue weighted by Crippen LogP contribution is -2.41. The van der Waals surface area contributed by atoms with E-state index in [1.54, 1.807) is 0 Å². The van der Waals surface area contributed by atoms with E-state index in [-0.39, 0.29) is 0 Å². The zero-order valence-corrected chi connectivity index (χ0v) is 13.5. The third-order valence-corrected chi connectivity index (χ3v) is 3.94. The molecule has 0 aromatic heterocycles. The Morgan fingerprint density at radius 1 is 1.25 bits per heavy atom. The molecule has 0 aliphatic heterocycles. The van der Waals surface area contributed by atoms with Crippen molar-refractivity contribution in [1.29, 1.82) is 10.5 Å². The van der Waals surface area contributed by atoms with Crippen molar-refractivity contribution in [2.75, 3.05) is 0 Å². The SMILES string of the molecule is CCC(O[Si](C)(C)C)(/C(C#N)=C\C#N)c1ccccc1. The van der Waals surface area contributed by atoms with Crippen LogP contribution in [0.3, 0.4) is 0 Å². The van der Waals surface area contributed by atoms with Gasteiger partial charge in [-0.1, -0.05) is 37.3 Å². The molecule has 0 saturated carbocycles. The van der Waals surface area contributed by atoms with Gasteiger partial charge in [-0.15, -0.1) is 0 Å². The molecule has 3 nitrogen and oxygen atoms in total. The summed E-state index contributed by atoms with van der Waals surface area (Å²) in [4.78, 5) is 0. The Hall–Kier alpha value is -1.88. The van der Waals surface area contributed by atoms with E-state index in [4.69, 9.17) is 9.69 Å². The zero-order valence-electron chi connectivity index (χ0n) is 12.5. The normalized spacial score (nSPS) is 15.0. The van der Waals surface area contributed by atoms with Gasteiger partial charge < -0.3 is 4.43 Å². The molecule has 0 amide bonds. The van der Waals surface area contributed by atoms with Gasteiger partial charge in [0.2, 0.25) is 0 Å². The largest absolute Gasteiger partial charge is 0.403 e. The summed E-state index contributed by atoms with van der Waals surface area (Å²) in [5, 5.41) is 18.4. The van der Waals surface area contributed by atoms with Crippen LogP contribution in [-0.4, -0.2) is 8.32 Å². The van der Waals surface area contributed by atoms with E-state index in [0.29, 0.717) is 12.0 Å². The van der Waals surface area contributed by atoms with E-state index >= 15 is 0 Å². The van der Waals surface area contributed by atoms with E-state index in [1.807, 2.05) is 43.3 Å². The lowest BCUT2D eigenvalue weighted by Gasteiger charge is -2.38. The van der Waals surface area contributed by atoms with Crippen LogP contribution in [0, 0.1) is 22.7 Å². The summed E-state index contributed by atoms with van der Waals surface area (Å²) in [6, 6.07) is 13.8. The summed E-state index contributed by atoms with van der Waals surface area (Å²) in [6.07, 6.45) is 1.92. The third kappa shape index (κ3) is 3.57. The van der Waals surface area contributed by atoms with Gasteiger partial charge in [0.05, 0.1) is 17.7 Å². The topological polar surface area (TPSA) is 56.8 Å². The van der Waals surface area contributed by atoms with Crippen LogP contribution in [0.1, 0.15) is 18.9 Å². The highest BCUT2D eigenvalue weighted by molar-refractivity contribution is 6.69. The molecule has 0 radical (unpaired) electrons. The number of benzene rings is 1. The maximum absolute atomic E-state index is 9.45. The third-order valence-electron chi connectivity index (χ3n) is 2.98. The first-order valence-corrected chi connectivity index (χ1v) is 10.1. The van der Waals surface area contributed by atoms with Crippen LogP contribution in [0.2, 0.25) is 19.6 Å². The van der Waals surface area contributed by atoms with Gasteiger partial charge in [-0.3, -0.25) is 0 Å². The van der Waals surface area contributed by atoms with Gasteiger partial charge in [-0.25, -0.2) is 0 Å². The van der Waals surface area contributed by atoms with E-state index in [9.17, 15) is 5.26 Å². The molecule has 20 heavy (non-hydrogen) atoms. The Labute approximate surface area is 122 Å². The second-order valence-corrected chi connectivity index (χ2v) is 9.99. The van der Waals surface area contributed by atoms with Crippen molar-refractivity contribution in [3.8, 4) is 12.1 Å². The van der Waals surface area contributed by atoms with Gasteiger partial charge in [-0.2, -0.15) is 10.5 Å². The predicted octanol–water partition coefficient (Wildman–Crippen LogP) is 4.12. The molecule has 0 aliphatic carbocycles. The van der Waals surface area contributed by atoms with Gasteiger partial charge in [0.25, 0.3) is 0 Å². The lowest BCUT2D eigenvalue weighted by atomic mass is 9.84. The minimum atomic E-state index is -1.91. The van der Waals surface area contributed by atoms with Crippen LogP contribution in [0.15, 0.2) is 42.0 Å². The van der Waals surface area contributed by atoms with Gasteiger partial charge >= 0.3 is 0 Å². The van der Waals surface area contributed by atoms with E-state index in [0.717, 1.165) is 5.56 Å². The number of nitriles is 2. The van der Waals surface area contributed by atoms with E-state index in [2.05, 4.69) is 25.7 Å². The standard InChI is InChI=1S/C16H20N2OSi/c1-5-16(19-20(2,3)4,15(13-18)11-12-17)14-9-7-6-8-10-14/h6-11H,5H2,1-4H3/b15-11-. The van der Waals surface area contributed by atoms with Crippen molar-refractivity contribution in [3.05, 3.63) is 47.5 Å². The molecule has 1 atom stereocenters. The Balaban J connectivity index is 3.51. The Morgan fingerprint density at radius 3 is 2.25 bits per heavy atom. The Morgan fingerprint density at radius 2 is 1.85 bits per heavy atom.